The molecule has 0 saturated heterocycles. The van der Waals surface area contributed by atoms with E-state index in [4.69, 9.17) is 0 Å². The highest BCUT2D eigenvalue weighted by Gasteiger charge is 2.46. The number of nitrogens with zero attached hydrogens (tertiary/aromatic N) is 4. The van der Waals surface area contributed by atoms with Crippen molar-refractivity contribution in [2.24, 2.45) is 0 Å². The van der Waals surface area contributed by atoms with E-state index in [1.165, 1.54) is 144 Å². The smallest absolute Gasteiger partial charge is 0.252 e. The molecule has 13 aromatic carbocycles. The number of anilines is 6. The first kappa shape index (κ1) is 62.6. The summed E-state index contributed by atoms with van der Waals surface area (Å²) in [5, 5.41) is 5.04. The molecule has 0 fully saturated rings. The molecule has 15 aromatic rings. The Hall–Kier alpha value is -10.9. The fourth-order valence-corrected chi connectivity index (χ4v) is 16.3. The van der Waals surface area contributed by atoms with E-state index in [1.807, 2.05) is 0 Å². The van der Waals surface area contributed by atoms with Crippen molar-refractivity contribution in [3.63, 3.8) is 0 Å². The Balaban J connectivity index is 1.06. The SMILES string of the molecule is CC(C)c1cc2c3c(c1)N(c1c(-c4ccccc4)cc(C(C)(C)C)cc1-c1ccccc1)c1cc(-n4c5ccc(C(C)C)cc5c5cc(C(C)C)ccc54)ccc1B3c1ccc(-n3c4ccccc4c4ccccc43)cc1N2c1c(-c2ccccc2)cc(C(C)(C)C)cc1-c1ccccc1. The first-order chi connectivity index (χ1) is 48.4. The van der Waals surface area contributed by atoms with Crippen LogP contribution in [0.15, 0.2) is 279 Å². The number of fused-ring (bicyclic) bond motifs is 10. The quantitative estimate of drug-likeness (QED) is 0.120. The molecule has 0 N–H and O–H groups in total. The third-order valence-corrected chi connectivity index (χ3v) is 21.7. The van der Waals surface area contributed by atoms with Gasteiger partial charge in [-0.05, 0) is 192 Å². The molecule has 5 heteroatoms. The third kappa shape index (κ3) is 10.2. The van der Waals surface area contributed by atoms with Gasteiger partial charge in [0.05, 0.1) is 33.4 Å². The Bertz CT molecular complexity index is 5480. The Morgan fingerprint density at radius 2 is 0.600 bits per heavy atom. The van der Waals surface area contributed by atoms with E-state index < -0.39 is 0 Å². The molecule has 2 aliphatic heterocycles. The van der Waals surface area contributed by atoms with Crippen LogP contribution in [0.1, 0.15) is 129 Å². The van der Waals surface area contributed by atoms with Crippen LogP contribution in [0.4, 0.5) is 34.1 Å². The van der Waals surface area contributed by atoms with E-state index in [2.05, 4.69) is 381 Å². The zero-order valence-electron chi connectivity index (χ0n) is 59.7. The van der Waals surface area contributed by atoms with Gasteiger partial charge in [-0.15, -0.1) is 0 Å². The van der Waals surface area contributed by atoms with E-state index in [0.717, 1.165) is 34.1 Å². The van der Waals surface area contributed by atoms with Gasteiger partial charge in [-0.25, -0.2) is 0 Å². The van der Waals surface area contributed by atoms with Crippen LogP contribution in [0.25, 0.3) is 99.5 Å². The van der Waals surface area contributed by atoms with Gasteiger partial charge < -0.3 is 18.9 Å². The van der Waals surface area contributed by atoms with Crippen molar-refractivity contribution >= 4 is 101 Å². The second kappa shape index (κ2) is 23.9. The number of hydrogen-bond donors (Lipinski definition) is 0. The topological polar surface area (TPSA) is 16.3 Å². The van der Waals surface area contributed by atoms with Crippen LogP contribution in [0, 0.1) is 0 Å². The molecule has 0 radical (unpaired) electrons. The Kier molecular flexibility index (Phi) is 15.0. The predicted molar refractivity (Wildman–Crippen MR) is 431 cm³/mol. The minimum atomic E-state index is -0.214. The lowest BCUT2D eigenvalue weighted by Gasteiger charge is -2.46. The normalized spacial score (nSPS) is 13.0. The van der Waals surface area contributed by atoms with Crippen molar-refractivity contribution in [1.29, 1.82) is 0 Å². The lowest BCUT2D eigenvalue weighted by Crippen LogP contribution is -2.61. The third-order valence-electron chi connectivity index (χ3n) is 21.7. The van der Waals surface area contributed by atoms with Crippen molar-refractivity contribution in [3.05, 3.63) is 307 Å². The van der Waals surface area contributed by atoms with Gasteiger partial charge in [0, 0.05) is 77.9 Å². The van der Waals surface area contributed by atoms with Gasteiger partial charge in [-0.3, -0.25) is 0 Å². The van der Waals surface area contributed by atoms with Gasteiger partial charge in [0.25, 0.3) is 6.71 Å². The van der Waals surface area contributed by atoms with E-state index in [1.54, 1.807) is 0 Å². The van der Waals surface area contributed by atoms with Gasteiger partial charge >= 0.3 is 0 Å². The summed E-state index contributed by atoms with van der Waals surface area (Å²) >= 11 is 0. The monoisotopic (exact) mass is 1290 g/mol. The van der Waals surface area contributed by atoms with E-state index in [0.29, 0.717) is 11.8 Å². The van der Waals surface area contributed by atoms with Gasteiger partial charge in [0.15, 0.2) is 0 Å². The molecule has 0 amide bonds. The maximum Gasteiger partial charge on any atom is 0.252 e. The van der Waals surface area contributed by atoms with Crippen molar-refractivity contribution in [2.45, 2.75) is 112 Å². The molecular formula is C95H85BN4. The van der Waals surface area contributed by atoms with Crippen molar-refractivity contribution in [2.75, 3.05) is 9.80 Å². The Morgan fingerprint density at radius 1 is 0.280 bits per heavy atom. The van der Waals surface area contributed by atoms with Gasteiger partial charge in [0.2, 0.25) is 0 Å². The van der Waals surface area contributed by atoms with Crippen LogP contribution >= 0.6 is 0 Å². The number of aromatic nitrogens is 2. The molecule has 0 spiro atoms. The summed E-state index contributed by atoms with van der Waals surface area (Å²) < 4.78 is 5.07. The zero-order chi connectivity index (χ0) is 68.6. The van der Waals surface area contributed by atoms with Crippen LogP contribution in [0.5, 0.6) is 0 Å². The minimum absolute atomic E-state index is 0.140. The summed E-state index contributed by atoms with van der Waals surface area (Å²) in [6, 6.07) is 107. The van der Waals surface area contributed by atoms with Crippen LogP contribution in [-0.4, -0.2) is 15.8 Å². The highest BCUT2D eigenvalue weighted by molar-refractivity contribution is 7.00. The van der Waals surface area contributed by atoms with E-state index >= 15 is 0 Å². The molecule has 0 aliphatic carbocycles. The number of hydrogen-bond acceptors (Lipinski definition) is 2. The average Bonchev–Trinajstić information content (AvgIpc) is 0.767. The maximum atomic E-state index is 2.74. The second-order valence-electron chi connectivity index (χ2n) is 31.1. The van der Waals surface area contributed by atoms with Crippen molar-refractivity contribution in [3.8, 4) is 55.9 Å². The number of benzene rings is 13. The van der Waals surface area contributed by atoms with Crippen molar-refractivity contribution < 1.29 is 0 Å². The van der Waals surface area contributed by atoms with Crippen LogP contribution in [0.3, 0.4) is 0 Å². The standard InChI is InChI=1S/C95H85BN4/c1-59(2)66-41-47-85-79(49-66)80-50-67(60(3)4)42-48-86(80)98(85)72-44-46-82-88(58-72)100(93-77(64-33-21-15-22-34-64)55-70(95(10,11)12)56-78(93)65-35-23-16-24-36-65)90-52-68(61(5)6)51-89-91(90)96(82)81-45-43-71(97-83-39-27-25-37-73(83)74-38-26-28-40-84(74)97)57-87(81)99(89)92-75(62-29-17-13-18-30-62)53-69(94(7,8)9)54-76(92)63-31-19-14-20-32-63/h13-61H,1-12H3. The molecule has 100 heavy (non-hydrogen) atoms. The van der Waals surface area contributed by atoms with E-state index in [9.17, 15) is 0 Å². The molecule has 4 nitrogen and oxygen atoms in total. The molecule has 0 saturated carbocycles. The Morgan fingerprint density at radius 3 is 0.930 bits per heavy atom. The van der Waals surface area contributed by atoms with Crippen LogP contribution in [-0.2, 0) is 10.8 Å². The highest BCUT2D eigenvalue weighted by Crippen LogP contribution is 2.56. The fraction of sp³-hybridized carbons (Fsp3) is 0.179. The van der Waals surface area contributed by atoms with Gasteiger partial charge in [-0.2, -0.15) is 0 Å². The molecule has 488 valence electrons. The first-order valence-electron chi connectivity index (χ1n) is 36.1. The largest absolute Gasteiger partial charge is 0.310 e. The van der Waals surface area contributed by atoms with Crippen LogP contribution in [0.2, 0.25) is 0 Å². The molecule has 0 bridgehead atoms. The fourth-order valence-electron chi connectivity index (χ4n) is 16.3. The summed E-state index contributed by atoms with van der Waals surface area (Å²) in [6.07, 6.45) is 0. The van der Waals surface area contributed by atoms with E-state index in [-0.39, 0.29) is 23.5 Å². The lowest BCUT2D eigenvalue weighted by molar-refractivity contribution is 0.590. The van der Waals surface area contributed by atoms with Crippen LogP contribution < -0.4 is 26.2 Å². The van der Waals surface area contributed by atoms with Gasteiger partial charge in [-0.1, -0.05) is 265 Å². The van der Waals surface area contributed by atoms with Crippen molar-refractivity contribution in [1.82, 2.24) is 9.13 Å². The number of para-hydroxylation sites is 2. The molecule has 2 aromatic heterocycles. The average molecular weight is 1290 g/mol. The molecule has 0 unspecified atom stereocenters. The summed E-state index contributed by atoms with van der Waals surface area (Å²) in [6.45, 7) is 28.0. The summed E-state index contributed by atoms with van der Waals surface area (Å²) in [4.78, 5) is 5.48. The Labute approximate surface area is 590 Å². The molecule has 17 rings (SSSR count). The zero-order valence-corrected chi connectivity index (χ0v) is 59.7. The summed E-state index contributed by atoms with van der Waals surface area (Å²) in [5.74, 6) is 0.893. The van der Waals surface area contributed by atoms with Gasteiger partial charge in [0.1, 0.15) is 0 Å². The number of rotatable bonds is 11. The molecular weight excluding hydrogens is 1210 g/mol. The summed E-state index contributed by atoms with van der Waals surface area (Å²) in [7, 11) is 0. The summed E-state index contributed by atoms with van der Waals surface area (Å²) in [5.41, 5.74) is 33.3. The first-order valence-corrected chi connectivity index (χ1v) is 36.1. The molecule has 0 atom stereocenters. The maximum absolute atomic E-state index is 2.74. The molecule has 2 aliphatic rings. The molecule has 4 heterocycles. The highest BCUT2D eigenvalue weighted by atomic mass is 15.2. The minimum Gasteiger partial charge on any atom is -0.310 e. The second-order valence-corrected chi connectivity index (χ2v) is 31.1. The lowest BCUT2D eigenvalue weighted by atomic mass is 9.33. The predicted octanol–water partition coefficient (Wildman–Crippen LogP) is 24.6.